The fourth-order valence-corrected chi connectivity index (χ4v) is 3.72. The van der Waals surface area contributed by atoms with E-state index in [2.05, 4.69) is 0 Å². The molecule has 0 spiro atoms. The van der Waals surface area contributed by atoms with Crippen LogP contribution >= 0.6 is 0 Å². The number of rotatable bonds is 3. The second kappa shape index (κ2) is 5.46. The summed E-state index contributed by atoms with van der Waals surface area (Å²) in [5.74, 6) is 0. The lowest BCUT2D eigenvalue weighted by Crippen LogP contribution is -2.43. The van der Waals surface area contributed by atoms with E-state index in [0.717, 1.165) is 11.6 Å². The zero-order chi connectivity index (χ0) is 17.6. The first-order valence-electron chi connectivity index (χ1n) is 7.03. The summed E-state index contributed by atoms with van der Waals surface area (Å²) in [5.41, 5.74) is -2.21. The molecule has 3 nitrogen and oxygen atoms in total. The Morgan fingerprint density at radius 3 is 2.25 bits per heavy atom. The number of hydrogen-bond acceptors (Lipinski definition) is 3. The quantitative estimate of drug-likeness (QED) is 0.611. The van der Waals surface area contributed by atoms with Crippen molar-refractivity contribution in [3.63, 3.8) is 0 Å². The highest BCUT2D eigenvalue weighted by molar-refractivity contribution is 7.86. The van der Waals surface area contributed by atoms with Gasteiger partial charge in [-0.3, -0.25) is 0 Å². The molecule has 0 radical (unpaired) electrons. The van der Waals surface area contributed by atoms with Gasteiger partial charge in [0.15, 0.2) is 0 Å². The van der Waals surface area contributed by atoms with Crippen LogP contribution in [0.5, 0.6) is 0 Å². The first kappa shape index (κ1) is 16.7. The van der Waals surface area contributed by atoms with Gasteiger partial charge in [0.2, 0.25) is 5.60 Å². The summed E-state index contributed by atoms with van der Waals surface area (Å²) in [7, 11) is -4.62. The normalized spacial score (nSPS) is 20.2. The second-order valence-corrected chi connectivity index (χ2v) is 7.05. The Morgan fingerprint density at radius 2 is 1.62 bits per heavy atom. The van der Waals surface area contributed by atoms with E-state index < -0.39 is 21.9 Å². The van der Waals surface area contributed by atoms with Crippen LogP contribution in [0.3, 0.4) is 0 Å². The Morgan fingerprint density at radius 1 is 1.00 bits per heavy atom. The van der Waals surface area contributed by atoms with Gasteiger partial charge in [0.1, 0.15) is 0 Å². The molecular weight excluding hydrogens is 345 g/mol. The first-order valence-corrected chi connectivity index (χ1v) is 8.44. The van der Waals surface area contributed by atoms with Crippen molar-refractivity contribution in [2.24, 2.45) is 0 Å². The largest absolute Gasteiger partial charge is 0.426 e. The van der Waals surface area contributed by atoms with Crippen LogP contribution in [0.25, 0.3) is 6.08 Å². The maximum Gasteiger partial charge on any atom is 0.426 e. The average Bonchev–Trinajstić information content (AvgIpc) is 2.87. The highest BCUT2D eigenvalue weighted by atomic mass is 32.2. The monoisotopic (exact) mass is 358 g/mol. The zero-order valence-electron chi connectivity index (χ0n) is 12.5. The minimum absolute atomic E-state index is 0.242. The number of benzene rings is 2. The van der Waals surface area contributed by atoms with Gasteiger partial charge in [0, 0.05) is 5.56 Å². The number of fused-ring (bicyclic) bond motifs is 1. The van der Waals surface area contributed by atoms with E-state index in [-0.39, 0.29) is 16.0 Å². The average molecular weight is 358 g/mol. The van der Waals surface area contributed by atoms with Gasteiger partial charge >= 0.3 is 6.18 Å². The molecule has 126 valence electrons. The maximum absolute atomic E-state index is 13.8. The number of hydrogen-bond donors (Lipinski definition) is 0. The predicted octanol–water partition coefficient (Wildman–Crippen LogP) is 4.18. The molecule has 0 N–H and O–H groups in total. The third-order valence-electron chi connectivity index (χ3n) is 3.83. The molecule has 24 heavy (non-hydrogen) atoms. The SMILES string of the molecule is Cc1ccc(S(=[18O])(=[18O])OC2(C(F)(F)F)C=Cc3ccccc32)cc1. The molecule has 0 saturated carbocycles. The molecule has 1 aliphatic rings. The number of aryl methyl sites for hydroxylation is 1. The van der Waals surface area contributed by atoms with Crippen LogP contribution in [0.1, 0.15) is 16.7 Å². The van der Waals surface area contributed by atoms with E-state index in [9.17, 15) is 21.6 Å². The Hall–Kier alpha value is -2.12. The second-order valence-electron chi connectivity index (χ2n) is 5.50. The Kier molecular flexibility index (Phi) is 3.80. The van der Waals surface area contributed by atoms with Gasteiger partial charge in [-0.2, -0.15) is 21.6 Å². The summed E-state index contributed by atoms with van der Waals surface area (Å²) in [6.45, 7) is 1.74. The lowest BCUT2D eigenvalue weighted by atomic mass is 9.95. The molecule has 7 heteroatoms. The highest BCUT2D eigenvalue weighted by Crippen LogP contribution is 2.50. The minimum Gasteiger partial charge on any atom is -0.241 e. The highest BCUT2D eigenvalue weighted by Gasteiger charge is 2.60. The molecule has 1 aliphatic carbocycles. The van der Waals surface area contributed by atoms with E-state index in [4.69, 9.17) is 4.18 Å². The third kappa shape index (κ3) is 2.63. The first-order chi connectivity index (χ1) is 11.2. The number of halogens is 3. The fraction of sp³-hybridized carbons (Fsp3) is 0.176. The lowest BCUT2D eigenvalue weighted by Gasteiger charge is -2.30. The van der Waals surface area contributed by atoms with Gasteiger partial charge < -0.3 is 0 Å². The van der Waals surface area contributed by atoms with Gasteiger partial charge in [0.25, 0.3) is 10.1 Å². The van der Waals surface area contributed by atoms with E-state index in [1.54, 1.807) is 13.0 Å². The van der Waals surface area contributed by atoms with Gasteiger partial charge in [0.05, 0.1) is 4.90 Å². The van der Waals surface area contributed by atoms with Crippen molar-refractivity contribution in [3.05, 3.63) is 71.3 Å². The molecule has 0 aliphatic heterocycles. The molecule has 1 unspecified atom stereocenters. The summed E-state index contributed by atoms with van der Waals surface area (Å²) < 4.78 is 70.9. The standard InChI is InChI=1S/C17H13F3O3S/c1-12-6-8-14(9-7-12)24(21,22)23-16(17(18,19)20)11-10-13-4-2-3-5-15(13)16/h2-11H,1H3/i21+2,22+2. The molecular formula is C17H13F3O3S. The summed E-state index contributed by atoms with van der Waals surface area (Å²) in [4.78, 5) is -0.325. The summed E-state index contributed by atoms with van der Waals surface area (Å²) in [6, 6.07) is 11.1. The van der Waals surface area contributed by atoms with E-state index in [1.807, 2.05) is 0 Å². The minimum atomic E-state index is -4.94. The molecule has 2 aromatic rings. The van der Waals surface area contributed by atoms with E-state index in [0.29, 0.717) is 0 Å². The number of alkyl halides is 3. The molecule has 0 bridgehead atoms. The third-order valence-corrected chi connectivity index (χ3v) is 5.16. The molecule has 1 atom stereocenters. The predicted molar refractivity (Wildman–Crippen MR) is 82.7 cm³/mol. The van der Waals surface area contributed by atoms with Crippen molar-refractivity contribution in [2.75, 3.05) is 0 Å². The summed E-state index contributed by atoms with van der Waals surface area (Å²) >= 11 is 0. The van der Waals surface area contributed by atoms with Crippen molar-refractivity contribution in [1.29, 1.82) is 0 Å². The van der Waals surface area contributed by atoms with Crippen molar-refractivity contribution in [1.82, 2.24) is 0 Å². The Balaban J connectivity index is 2.11. The summed E-state index contributed by atoms with van der Waals surface area (Å²) in [5, 5.41) is 0. The molecule has 0 heterocycles. The van der Waals surface area contributed by atoms with Gasteiger partial charge in [-0.25, -0.2) is 4.18 Å². The van der Waals surface area contributed by atoms with Gasteiger partial charge in [-0.1, -0.05) is 48.0 Å². The van der Waals surface area contributed by atoms with Crippen LogP contribution in [-0.4, -0.2) is 14.6 Å². The van der Waals surface area contributed by atoms with Gasteiger partial charge in [-0.05, 0) is 30.7 Å². The molecule has 2 aromatic carbocycles. The van der Waals surface area contributed by atoms with Crippen LogP contribution < -0.4 is 0 Å². The van der Waals surface area contributed by atoms with Crippen LogP contribution in [0, 0.1) is 6.92 Å². The van der Waals surface area contributed by atoms with E-state index >= 15 is 0 Å². The van der Waals surface area contributed by atoms with Crippen LogP contribution in [-0.2, 0) is 19.9 Å². The van der Waals surface area contributed by atoms with Gasteiger partial charge in [-0.15, -0.1) is 0 Å². The topological polar surface area (TPSA) is 43.4 Å². The van der Waals surface area contributed by atoms with Crippen molar-refractivity contribution < 1.29 is 25.8 Å². The molecule has 0 aromatic heterocycles. The summed E-state index contributed by atoms with van der Waals surface area (Å²) in [6.07, 6.45) is -2.98. The van der Waals surface area contributed by atoms with Crippen molar-refractivity contribution in [2.45, 2.75) is 23.6 Å². The van der Waals surface area contributed by atoms with Crippen molar-refractivity contribution >= 4 is 16.2 Å². The van der Waals surface area contributed by atoms with Crippen LogP contribution in [0.2, 0.25) is 0 Å². The smallest absolute Gasteiger partial charge is 0.241 e. The fourth-order valence-electron chi connectivity index (χ4n) is 2.57. The molecule has 0 fully saturated rings. The Labute approximate surface area is 137 Å². The van der Waals surface area contributed by atoms with Crippen LogP contribution in [0.15, 0.2) is 59.5 Å². The van der Waals surface area contributed by atoms with E-state index in [1.165, 1.54) is 48.5 Å². The molecule has 0 saturated heterocycles. The van der Waals surface area contributed by atoms with Crippen molar-refractivity contribution in [3.8, 4) is 0 Å². The molecule has 0 amide bonds. The maximum atomic E-state index is 13.8. The lowest BCUT2D eigenvalue weighted by molar-refractivity contribution is -0.232. The molecule has 3 rings (SSSR count). The Bertz CT molecular complexity index is 899. The zero-order valence-corrected chi connectivity index (χ0v) is 13.4. The van der Waals surface area contributed by atoms with Crippen LogP contribution in [0.4, 0.5) is 13.2 Å².